The molecule has 3 N–H and O–H groups in total. The topological polar surface area (TPSA) is 195 Å². The summed E-state index contributed by atoms with van der Waals surface area (Å²) in [5.41, 5.74) is -1.01. The highest BCUT2D eigenvalue weighted by molar-refractivity contribution is 7.91. The molecule has 5 unspecified atom stereocenters. The maximum absolute atomic E-state index is 15.0. The van der Waals surface area contributed by atoms with E-state index in [9.17, 15) is 27.6 Å². The average molecular weight is 919 g/mol. The molecule has 3 aliphatic heterocycles. The number of nitrogens with one attached hydrogen (secondary N) is 3. The Balaban J connectivity index is 1.13. The van der Waals surface area contributed by atoms with E-state index in [4.69, 9.17) is 23.9 Å². The highest BCUT2D eigenvalue weighted by Gasteiger charge is 2.63. The van der Waals surface area contributed by atoms with E-state index in [1.165, 1.54) is 11.0 Å². The van der Waals surface area contributed by atoms with Gasteiger partial charge in [-0.25, -0.2) is 18.2 Å². The summed E-state index contributed by atoms with van der Waals surface area (Å²) >= 11 is 0. The maximum Gasteiger partial charge on any atom is 0.408 e. The van der Waals surface area contributed by atoms with Gasteiger partial charge in [-0.15, -0.1) is 6.58 Å². The van der Waals surface area contributed by atoms with Gasteiger partial charge in [0.15, 0.2) is 0 Å². The van der Waals surface area contributed by atoms with Gasteiger partial charge in [0.25, 0.3) is 5.91 Å². The van der Waals surface area contributed by atoms with Crippen LogP contribution in [0, 0.1) is 17.3 Å². The smallest absolute Gasteiger partial charge is 0.408 e. The number of morpholine rings is 1. The van der Waals surface area contributed by atoms with Crippen molar-refractivity contribution in [1.29, 1.82) is 0 Å². The molecule has 2 aromatic rings. The van der Waals surface area contributed by atoms with Gasteiger partial charge in [0.05, 0.1) is 42.2 Å². The summed E-state index contributed by atoms with van der Waals surface area (Å²) in [5, 5.41) is 6.59. The van der Waals surface area contributed by atoms with Gasteiger partial charge in [0.2, 0.25) is 27.7 Å². The summed E-state index contributed by atoms with van der Waals surface area (Å²) in [7, 11) is -4.02. The Morgan fingerprint density at radius 2 is 1.85 bits per heavy atom. The second kappa shape index (κ2) is 18.9. The number of rotatable bonds is 11. The van der Waals surface area contributed by atoms with Gasteiger partial charge in [-0.05, 0) is 94.6 Å². The number of pyridine rings is 1. The molecule has 3 aliphatic carbocycles. The number of alkyl carbamates (subject to hydrolysis) is 1. The summed E-state index contributed by atoms with van der Waals surface area (Å²) < 4.78 is 52.7. The van der Waals surface area contributed by atoms with E-state index in [1.54, 1.807) is 6.92 Å². The number of para-hydroxylation sites is 1. The molecule has 2 saturated heterocycles. The molecule has 7 atom stereocenters. The van der Waals surface area contributed by atoms with E-state index >= 15 is 0 Å². The van der Waals surface area contributed by atoms with Gasteiger partial charge in [-0.3, -0.25) is 24.0 Å². The van der Waals surface area contributed by atoms with E-state index in [-0.39, 0.29) is 31.4 Å². The van der Waals surface area contributed by atoms with Crippen LogP contribution in [0.1, 0.15) is 97.5 Å². The van der Waals surface area contributed by atoms with E-state index in [2.05, 4.69) is 39.0 Å². The second-order valence-electron chi connectivity index (χ2n) is 20.1. The molecule has 8 rings (SSSR count). The normalized spacial score (nSPS) is 30.0. The van der Waals surface area contributed by atoms with Crippen LogP contribution in [0.2, 0.25) is 0 Å². The molecule has 0 spiro atoms. The van der Waals surface area contributed by atoms with Gasteiger partial charge in [-0.2, -0.15) is 0 Å². The minimum atomic E-state index is -4.02. The zero-order chi connectivity index (χ0) is 46.1. The molecule has 16 nitrogen and oxygen atoms in total. The lowest BCUT2D eigenvalue weighted by atomic mass is 9.85. The van der Waals surface area contributed by atoms with Crippen molar-refractivity contribution >= 4 is 44.7 Å². The van der Waals surface area contributed by atoms with Crippen molar-refractivity contribution in [3.63, 3.8) is 0 Å². The van der Waals surface area contributed by atoms with Crippen LogP contribution in [0.4, 0.5) is 4.79 Å². The van der Waals surface area contributed by atoms with Crippen molar-refractivity contribution in [2.45, 2.75) is 133 Å². The molecule has 2 bridgehead atoms. The third kappa shape index (κ3) is 10.2. The monoisotopic (exact) mass is 918 g/mol. The van der Waals surface area contributed by atoms with Crippen LogP contribution in [-0.4, -0.2) is 128 Å². The molecule has 3 saturated carbocycles. The molecule has 1 aromatic heterocycles. The van der Waals surface area contributed by atoms with Crippen LogP contribution < -0.4 is 24.8 Å². The van der Waals surface area contributed by atoms with E-state index in [0.29, 0.717) is 43.0 Å². The number of nitrogens with zero attached hydrogens (tertiary/aromatic N) is 3. The Morgan fingerprint density at radius 3 is 2.57 bits per heavy atom. The number of aromatic nitrogens is 1. The number of amides is 4. The SMILES string of the molecule is C=C[C@@H]1C[C@]1(NC(=O)C1CC2CN1C(=O)C(C(C)(C)C)NC(=O)OC1CCCC1CC/C=C/Cc1c(nc3ccccc3c1OCCCN1CCOCC1)O2)C(=O)NS(=O)(=O)C1(C)CC1. The molecule has 4 amide bonds. The van der Waals surface area contributed by atoms with Crippen LogP contribution in [0.5, 0.6) is 11.6 Å². The van der Waals surface area contributed by atoms with Crippen LogP contribution in [-0.2, 0) is 40.3 Å². The number of sulfonamides is 1. The third-order valence-electron chi connectivity index (χ3n) is 14.3. The Hall–Kier alpha value is -4.74. The van der Waals surface area contributed by atoms with Crippen molar-refractivity contribution in [2.24, 2.45) is 17.3 Å². The van der Waals surface area contributed by atoms with Gasteiger partial charge < -0.3 is 34.5 Å². The minimum Gasteiger partial charge on any atom is -0.492 e. The first-order valence-electron chi connectivity index (χ1n) is 23.5. The minimum absolute atomic E-state index is 0.00892. The zero-order valence-corrected chi connectivity index (χ0v) is 39.1. The first-order valence-corrected chi connectivity index (χ1v) is 25.0. The summed E-state index contributed by atoms with van der Waals surface area (Å²) in [5.74, 6) is -1.43. The maximum atomic E-state index is 15.0. The Labute approximate surface area is 382 Å². The van der Waals surface area contributed by atoms with Crippen LogP contribution >= 0.6 is 0 Å². The predicted octanol–water partition coefficient (Wildman–Crippen LogP) is 4.95. The van der Waals surface area contributed by atoms with E-state index < -0.39 is 73.6 Å². The summed E-state index contributed by atoms with van der Waals surface area (Å²) in [6, 6.07) is 5.46. The zero-order valence-electron chi connectivity index (χ0n) is 38.3. The van der Waals surface area contributed by atoms with Crippen LogP contribution in [0.15, 0.2) is 49.1 Å². The molecule has 4 heterocycles. The largest absolute Gasteiger partial charge is 0.492 e. The molecule has 17 heteroatoms. The Kier molecular flexibility index (Phi) is 13.6. The lowest BCUT2D eigenvalue weighted by Crippen LogP contribution is -2.60. The van der Waals surface area contributed by atoms with Crippen molar-refractivity contribution in [3.8, 4) is 11.6 Å². The fraction of sp³-hybridized carbons (Fsp3) is 0.646. The molecule has 1 aromatic carbocycles. The van der Waals surface area contributed by atoms with Gasteiger partial charge in [0, 0.05) is 37.4 Å². The third-order valence-corrected chi connectivity index (χ3v) is 16.5. The second-order valence-corrected chi connectivity index (χ2v) is 22.3. The van der Waals surface area contributed by atoms with E-state index in [1.807, 2.05) is 45.0 Å². The first-order chi connectivity index (χ1) is 31.0. The number of ether oxygens (including phenoxy) is 4. The molecular formula is C48H66N6O10S. The number of hydrogen-bond acceptors (Lipinski definition) is 12. The lowest BCUT2D eigenvalue weighted by molar-refractivity contribution is -0.143. The molecular weight excluding hydrogens is 853 g/mol. The number of carbonyl (C=O) groups is 4. The lowest BCUT2D eigenvalue weighted by Gasteiger charge is -2.35. The quantitative estimate of drug-likeness (QED) is 0.203. The number of fused-ring (bicyclic) bond motifs is 5. The highest BCUT2D eigenvalue weighted by atomic mass is 32.2. The van der Waals surface area contributed by atoms with Crippen molar-refractivity contribution in [2.75, 3.05) is 46.0 Å². The van der Waals surface area contributed by atoms with Gasteiger partial charge in [-0.1, -0.05) is 51.1 Å². The molecule has 0 radical (unpaired) electrons. The number of allylic oxidation sites excluding steroid dienone is 2. The predicted molar refractivity (Wildman–Crippen MR) is 244 cm³/mol. The van der Waals surface area contributed by atoms with Crippen molar-refractivity contribution in [3.05, 3.63) is 54.6 Å². The molecule has 65 heavy (non-hydrogen) atoms. The number of hydrogen-bond donors (Lipinski definition) is 3. The van der Waals surface area contributed by atoms with Crippen LogP contribution in [0.25, 0.3) is 10.9 Å². The summed E-state index contributed by atoms with van der Waals surface area (Å²) in [6.07, 6.45) is 10.4. The molecule has 5 fully saturated rings. The fourth-order valence-electron chi connectivity index (χ4n) is 9.80. The Bertz CT molecular complexity index is 2290. The summed E-state index contributed by atoms with van der Waals surface area (Å²) in [4.78, 5) is 66.1. The van der Waals surface area contributed by atoms with Crippen molar-refractivity contribution < 1.29 is 46.5 Å². The van der Waals surface area contributed by atoms with Crippen LogP contribution in [0.3, 0.4) is 0 Å². The summed E-state index contributed by atoms with van der Waals surface area (Å²) in [6.45, 7) is 15.4. The number of benzene rings is 1. The average Bonchev–Trinajstić information content (AvgIpc) is 4.09. The fourth-order valence-corrected chi connectivity index (χ4v) is 11.1. The standard InChI is InChI=1S/C48H66N6O10S/c1-6-32-29-48(32,44(57)52-65(59,60)47(5)20-21-47)51-41(55)37-28-33-30-54(37)43(56)40(46(2,3)4)50-45(58)64-38-19-12-15-31(38)14-8-7-9-17-35-39(62-25-13-22-53-23-26-61-27-24-53)34-16-10-11-18-36(34)49-42(35)63-33/h6-7,9-11,16,18,31-33,37-38,40H,1,8,12-15,17,19-30H2,2-5H3,(H,50,58)(H,51,55)(H,52,57)/b9-7+/t31?,32-,33?,37?,38?,40?,48-/m1/s1. The molecule has 6 aliphatic rings. The first kappa shape index (κ1) is 46.8. The van der Waals surface area contributed by atoms with Gasteiger partial charge in [0.1, 0.15) is 35.6 Å². The molecule has 354 valence electrons. The van der Waals surface area contributed by atoms with Gasteiger partial charge >= 0.3 is 6.09 Å². The van der Waals surface area contributed by atoms with Crippen molar-refractivity contribution in [1.82, 2.24) is 30.1 Å². The van der Waals surface area contributed by atoms with E-state index in [0.717, 1.165) is 82.3 Å². The number of carbonyl (C=O) groups excluding carboxylic acids is 4. The highest BCUT2D eigenvalue weighted by Crippen LogP contribution is 2.47. The Morgan fingerprint density at radius 1 is 1.08 bits per heavy atom.